The van der Waals surface area contributed by atoms with Crippen LogP contribution in [0.25, 0.3) is 0 Å². The third kappa shape index (κ3) is 3.64. The van der Waals surface area contributed by atoms with Crippen LogP contribution in [0.1, 0.15) is 16.7 Å². The summed E-state index contributed by atoms with van der Waals surface area (Å²) in [6, 6.07) is 17.6. The van der Waals surface area contributed by atoms with Crippen LogP contribution in [0.5, 0.6) is 0 Å². The molecule has 0 bridgehead atoms. The highest BCUT2D eigenvalue weighted by atomic mass is 19.4. The standard InChI is InChI=1S/C23H19F6N/c1-16-8-10-17(11-9-16)21(22(24,25)26,23(27,28)29)18-12-14-20(15-13-18)30(2)19-6-4-3-5-7-19/h3-15H,1-2H3. The van der Waals surface area contributed by atoms with E-state index >= 15 is 0 Å². The van der Waals surface area contributed by atoms with E-state index in [1.54, 1.807) is 43.1 Å². The number of para-hydroxylation sites is 1. The van der Waals surface area contributed by atoms with Crippen LogP contribution in [-0.4, -0.2) is 19.4 Å². The Kier molecular flexibility index (Phi) is 5.58. The van der Waals surface area contributed by atoms with Gasteiger partial charge in [0, 0.05) is 18.4 Å². The van der Waals surface area contributed by atoms with Crippen molar-refractivity contribution in [1.82, 2.24) is 0 Å². The summed E-state index contributed by atoms with van der Waals surface area (Å²) in [5, 5.41) is 0. The van der Waals surface area contributed by atoms with Gasteiger partial charge in [0.2, 0.25) is 5.41 Å². The van der Waals surface area contributed by atoms with Crippen molar-refractivity contribution >= 4 is 11.4 Å². The smallest absolute Gasteiger partial charge is 0.345 e. The molecule has 0 N–H and O–H groups in total. The zero-order chi connectivity index (χ0) is 22.2. The Morgan fingerprint density at radius 3 is 1.40 bits per heavy atom. The Morgan fingerprint density at radius 1 is 0.567 bits per heavy atom. The van der Waals surface area contributed by atoms with Gasteiger partial charge < -0.3 is 4.90 Å². The summed E-state index contributed by atoms with van der Waals surface area (Å²) in [7, 11) is 1.69. The monoisotopic (exact) mass is 423 g/mol. The quantitative estimate of drug-likeness (QED) is 0.402. The molecule has 0 spiro atoms. The zero-order valence-electron chi connectivity index (χ0n) is 16.2. The van der Waals surface area contributed by atoms with Gasteiger partial charge in [0.05, 0.1) is 0 Å². The first-order valence-corrected chi connectivity index (χ1v) is 9.08. The van der Waals surface area contributed by atoms with Gasteiger partial charge in [0.25, 0.3) is 0 Å². The number of alkyl halides is 6. The van der Waals surface area contributed by atoms with E-state index in [4.69, 9.17) is 0 Å². The van der Waals surface area contributed by atoms with Crippen molar-refractivity contribution in [3.8, 4) is 0 Å². The lowest BCUT2D eigenvalue weighted by molar-refractivity contribution is -0.288. The molecule has 0 aliphatic heterocycles. The van der Waals surface area contributed by atoms with E-state index in [0.717, 1.165) is 30.0 Å². The number of rotatable bonds is 4. The lowest BCUT2D eigenvalue weighted by atomic mass is 9.72. The molecule has 0 aliphatic carbocycles. The molecule has 3 aromatic carbocycles. The third-order valence-corrected chi connectivity index (χ3v) is 5.17. The van der Waals surface area contributed by atoms with Crippen molar-refractivity contribution in [2.24, 2.45) is 0 Å². The number of benzene rings is 3. The Bertz CT molecular complexity index is 959. The van der Waals surface area contributed by atoms with Crippen molar-refractivity contribution in [1.29, 1.82) is 0 Å². The molecular formula is C23H19F6N. The SMILES string of the molecule is Cc1ccc(C(c2ccc(N(C)c3ccccc3)cc2)(C(F)(F)F)C(F)(F)F)cc1. The largest absolute Gasteiger partial charge is 0.411 e. The van der Waals surface area contributed by atoms with Crippen molar-refractivity contribution in [2.45, 2.75) is 24.7 Å². The molecule has 0 unspecified atom stereocenters. The second kappa shape index (κ2) is 7.70. The van der Waals surface area contributed by atoms with Crippen molar-refractivity contribution in [3.63, 3.8) is 0 Å². The maximum absolute atomic E-state index is 14.1. The number of hydrogen-bond acceptors (Lipinski definition) is 1. The molecule has 30 heavy (non-hydrogen) atoms. The molecule has 0 atom stereocenters. The Hall–Kier alpha value is -2.96. The van der Waals surface area contributed by atoms with Gasteiger partial charge in [-0.15, -0.1) is 0 Å². The molecule has 158 valence electrons. The molecule has 7 heteroatoms. The second-order valence-electron chi connectivity index (χ2n) is 7.05. The van der Waals surface area contributed by atoms with Gasteiger partial charge in [0.15, 0.2) is 0 Å². The number of aryl methyl sites for hydroxylation is 1. The normalized spacial score (nSPS) is 12.7. The summed E-state index contributed by atoms with van der Waals surface area (Å²) in [5.41, 5.74) is -4.09. The number of halogens is 6. The molecule has 0 aromatic heterocycles. The Balaban J connectivity index is 2.16. The minimum absolute atomic E-state index is 0.465. The Morgan fingerprint density at radius 2 is 0.967 bits per heavy atom. The van der Waals surface area contributed by atoms with Gasteiger partial charge >= 0.3 is 12.4 Å². The van der Waals surface area contributed by atoms with Gasteiger partial charge in [-0.2, -0.15) is 26.3 Å². The molecule has 0 saturated carbocycles. The fourth-order valence-corrected chi connectivity index (χ4v) is 3.52. The van der Waals surface area contributed by atoms with Crippen molar-refractivity contribution in [2.75, 3.05) is 11.9 Å². The van der Waals surface area contributed by atoms with E-state index < -0.39 is 28.9 Å². The molecule has 3 rings (SSSR count). The molecule has 0 aliphatic rings. The highest BCUT2D eigenvalue weighted by Crippen LogP contribution is 2.56. The number of anilines is 2. The lowest BCUT2D eigenvalue weighted by Gasteiger charge is -2.38. The maximum Gasteiger partial charge on any atom is 0.411 e. The molecular weight excluding hydrogens is 404 g/mol. The van der Waals surface area contributed by atoms with E-state index in [-0.39, 0.29) is 0 Å². The van der Waals surface area contributed by atoms with E-state index in [9.17, 15) is 26.3 Å². The van der Waals surface area contributed by atoms with E-state index in [0.29, 0.717) is 11.3 Å². The molecule has 0 fully saturated rings. The highest BCUT2D eigenvalue weighted by Gasteiger charge is 2.72. The molecule has 0 amide bonds. The fraction of sp³-hybridized carbons (Fsp3) is 0.217. The van der Waals surface area contributed by atoms with Crippen LogP contribution in [0.3, 0.4) is 0 Å². The number of hydrogen-bond donors (Lipinski definition) is 0. The van der Waals surface area contributed by atoms with Crippen LogP contribution >= 0.6 is 0 Å². The minimum atomic E-state index is -5.59. The van der Waals surface area contributed by atoms with Gasteiger partial charge in [-0.3, -0.25) is 0 Å². The van der Waals surface area contributed by atoms with Crippen LogP contribution < -0.4 is 4.90 Å². The summed E-state index contributed by atoms with van der Waals surface area (Å²) >= 11 is 0. The average molecular weight is 423 g/mol. The minimum Gasteiger partial charge on any atom is -0.345 e. The van der Waals surface area contributed by atoms with Crippen LogP contribution in [0.15, 0.2) is 78.9 Å². The van der Waals surface area contributed by atoms with E-state index in [2.05, 4.69) is 0 Å². The molecule has 0 heterocycles. The van der Waals surface area contributed by atoms with Crippen LogP contribution in [0.2, 0.25) is 0 Å². The van der Waals surface area contributed by atoms with Crippen molar-refractivity contribution in [3.05, 3.63) is 95.6 Å². The third-order valence-electron chi connectivity index (χ3n) is 5.17. The lowest BCUT2D eigenvalue weighted by Crippen LogP contribution is -2.54. The highest BCUT2D eigenvalue weighted by molar-refractivity contribution is 5.63. The van der Waals surface area contributed by atoms with E-state index in [1.807, 2.05) is 6.07 Å². The predicted octanol–water partition coefficient (Wildman–Crippen LogP) is 7.17. The summed E-state index contributed by atoms with van der Waals surface area (Å²) < 4.78 is 84.8. The summed E-state index contributed by atoms with van der Waals surface area (Å²) in [4.78, 5) is 1.68. The van der Waals surface area contributed by atoms with Gasteiger partial charge in [0.1, 0.15) is 0 Å². The first kappa shape index (κ1) is 21.7. The topological polar surface area (TPSA) is 3.24 Å². The van der Waals surface area contributed by atoms with Gasteiger partial charge in [-0.1, -0.05) is 60.2 Å². The summed E-state index contributed by atoms with van der Waals surface area (Å²) in [5.74, 6) is 0. The van der Waals surface area contributed by atoms with Gasteiger partial charge in [-0.25, -0.2) is 0 Å². The molecule has 3 aromatic rings. The van der Waals surface area contributed by atoms with Crippen LogP contribution in [0.4, 0.5) is 37.7 Å². The Labute approximate surface area is 170 Å². The first-order valence-electron chi connectivity index (χ1n) is 9.08. The van der Waals surface area contributed by atoms with Crippen molar-refractivity contribution < 1.29 is 26.3 Å². The van der Waals surface area contributed by atoms with E-state index in [1.165, 1.54) is 24.3 Å². The number of nitrogens with zero attached hydrogens (tertiary/aromatic N) is 1. The second-order valence-corrected chi connectivity index (χ2v) is 7.05. The summed E-state index contributed by atoms with van der Waals surface area (Å²) in [6.07, 6.45) is -11.2. The van der Waals surface area contributed by atoms with Crippen LogP contribution in [0, 0.1) is 6.92 Å². The maximum atomic E-state index is 14.1. The molecule has 0 radical (unpaired) electrons. The van der Waals surface area contributed by atoms with Crippen LogP contribution in [-0.2, 0) is 5.41 Å². The molecule has 0 saturated heterocycles. The average Bonchev–Trinajstić information content (AvgIpc) is 2.68. The van der Waals surface area contributed by atoms with Gasteiger partial charge in [-0.05, 0) is 42.3 Å². The molecule has 1 nitrogen and oxygen atoms in total. The zero-order valence-corrected chi connectivity index (χ0v) is 16.2. The predicted molar refractivity (Wildman–Crippen MR) is 105 cm³/mol. The summed E-state index contributed by atoms with van der Waals surface area (Å²) in [6.45, 7) is 1.60. The fourth-order valence-electron chi connectivity index (χ4n) is 3.52. The first-order chi connectivity index (χ1) is 14.0.